The fourth-order valence-corrected chi connectivity index (χ4v) is 2.63. The van der Waals surface area contributed by atoms with Gasteiger partial charge in [0.1, 0.15) is 5.82 Å². The van der Waals surface area contributed by atoms with E-state index in [9.17, 15) is 22.4 Å². The van der Waals surface area contributed by atoms with Gasteiger partial charge in [-0.15, -0.1) is 0 Å². The number of hydrogen-bond donors (Lipinski definition) is 2. The van der Waals surface area contributed by atoms with E-state index in [1.807, 2.05) is 0 Å². The molecule has 0 saturated carbocycles. The highest BCUT2D eigenvalue weighted by Crippen LogP contribution is 2.31. The Hall–Kier alpha value is -3.16. The van der Waals surface area contributed by atoms with Crippen LogP contribution >= 0.6 is 0 Å². The smallest absolute Gasteiger partial charge is 0.381 e. The van der Waals surface area contributed by atoms with Gasteiger partial charge in [0, 0.05) is 17.8 Å². The number of anilines is 1. The zero-order chi connectivity index (χ0) is 19.6. The van der Waals surface area contributed by atoms with E-state index in [-0.39, 0.29) is 17.9 Å². The van der Waals surface area contributed by atoms with Gasteiger partial charge < -0.3 is 5.32 Å². The van der Waals surface area contributed by atoms with Gasteiger partial charge in [-0.1, -0.05) is 12.1 Å². The van der Waals surface area contributed by atoms with Crippen molar-refractivity contribution in [2.45, 2.75) is 19.6 Å². The molecule has 3 rings (SSSR count). The molecule has 0 spiro atoms. The predicted octanol–water partition coefficient (Wildman–Crippen LogP) is 5.05. The molecule has 27 heavy (non-hydrogen) atoms. The number of nitrogens with zero attached hydrogens (tertiary/aromatic N) is 1. The van der Waals surface area contributed by atoms with Crippen molar-refractivity contribution in [1.29, 1.82) is 0 Å². The highest BCUT2D eigenvalue weighted by molar-refractivity contribution is 5.94. The third kappa shape index (κ3) is 4.16. The lowest BCUT2D eigenvalue weighted by Gasteiger charge is -2.10. The molecular formula is C19H15F4N3O. The SMILES string of the molecule is CC(=O)c1ccc(NCc2cn[nH]c2-c2ccc(C(F)(F)F)cc2)cc1F. The van der Waals surface area contributed by atoms with Gasteiger partial charge in [0.05, 0.1) is 23.0 Å². The number of aromatic nitrogens is 2. The number of halogens is 4. The Bertz CT molecular complexity index is 962. The van der Waals surface area contributed by atoms with Crippen molar-refractivity contribution in [3.05, 3.63) is 71.2 Å². The Morgan fingerprint density at radius 1 is 1.15 bits per heavy atom. The maximum Gasteiger partial charge on any atom is 0.416 e. The first-order valence-corrected chi connectivity index (χ1v) is 8.00. The van der Waals surface area contributed by atoms with E-state index in [0.29, 0.717) is 22.5 Å². The number of carbonyl (C=O) groups excluding carboxylic acids is 1. The molecule has 2 N–H and O–H groups in total. The maximum atomic E-state index is 13.9. The summed E-state index contributed by atoms with van der Waals surface area (Å²) in [5, 5.41) is 9.70. The van der Waals surface area contributed by atoms with E-state index in [1.54, 1.807) is 12.3 Å². The molecule has 1 aromatic heterocycles. The normalized spacial score (nSPS) is 11.4. The molecule has 3 aromatic rings. The number of Topliss-reactive ketones (excluding diaryl/α,β-unsaturated/α-hetero) is 1. The van der Waals surface area contributed by atoms with Crippen LogP contribution in [0.15, 0.2) is 48.7 Å². The average molecular weight is 377 g/mol. The molecular weight excluding hydrogens is 362 g/mol. The summed E-state index contributed by atoms with van der Waals surface area (Å²) >= 11 is 0. The molecule has 0 amide bonds. The molecule has 0 aliphatic heterocycles. The molecule has 0 saturated heterocycles. The van der Waals surface area contributed by atoms with Crippen LogP contribution in [0.3, 0.4) is 0 Å². The van der Waals surface area contributed by atoms with E-state index in [4.69, 9.17) is 0 Å². The summed E-state index contributed by atoms with van der Waals surface area (Å²) in [5.74, 6) is -0.985. The number of alkyl halides is 3. The highest BCUT2D eigenvalue weighted by atomic mass is 19.4. The van der Waals surface area contributed by atoms with E-state index < -0.39 is 17.6 Å². The number of aromatic amines is 1. The van der Waals surface area contributed by atoms with Crippen LogP contribution in [0.1, 0.15) is 28.4 Å². The lowest BCUT2D eigenvalue weighted by molar-refractivity contribution is -0.137. The van der Waals surface area contributed by atoms with Crippen molar-refractivity contribution in [3.63, 3.8) is 0 Å². The minimum Gasteiger partial charge on any atom is -0.381 e. The van der Waals surface area contributed by atoms with Crippen molar-refractivity contribution in [2.24, 2.45) is 0 Å². The van der Waals surface area contributed by atoms with Gasteiger partial charge >= 0.3 is 6.18 Å². The zero-order valence-corrected chi connectivity index (χ0v) is 14.2. The molecule has 8 heteroatoms. The summed E-state index contributed by atoms with van der Waals surface area (Å²) in [4.78, 5) is 11.3. The molecule has 0 aliphatic carbocycles. The molecule has 0 atom stereocenters. The minimum atomic E-state index is -4.40. The van der Waals surface area contributed by atoms with Gasteiger partial charge in [0.15, 0.2) is 5.78 Å². The second kappa shape index (κ2) is 7.22. The van der Waals surface area contributed by atoms with Crippen molar-refractivity contribution >= 4 is 11.5 Å². The number of ketones is 1. The van der Waals surface area contributed by atoms with Crippen molar-refractivity contribution in [2.75, 3.05) is 5.32 Å². The van der Waals surface area contributed by atoms with Crippen LogP contribution in [-0.4, -0.2) is 16.0 Å². The Labute approximate surface area is 152 Å². The number of carbonyl (C=O) groups is 1. The second-order valence-corrected chi connectivity index (χ2v) is 5.95. The van der Waals surface area contributed by atoms with Gasteiger partial charge in [0.2, 0.25) is 0 Å². The van der Waals surface area contributed by atoms with Crippen LogP contribution in [0.2, 0.25) is 0 Å². The number of benzene rings is 2. The zero-order valence-electron chi connectivity index (χ0n) is 14.2. The van der Waals surface area contributed by atoms with Crippen LogP contribution < -0.4 is 5.32 Å². The van der Waals surface area contributed by atoms with E-state index >= 15 is 0 Å². The van der Waals surface area contributed by atoms with E-state index in [1.165, 1.54) is 31.2 Å². The Morgan fingerprint density at radius 2 is 1.85 bits per heavy atom. The van der Waals surface area contributed by atoms with Gasteiger partial charge in [-0.25, -0.2) is 4.39 Å². The molecule has 0 aliphatic rings. The highest BCUT2D eigenvalue weighted by Gasteiger charge is 2.30. The van der Waals surface area contributed by atoms with Crippen LogP contribution in [-0.2, 0) is 12.7 Å². The lowest BCUT2D eigenvalue weighted by Crippen LogP contribution is -2.04. The van der Waals surface area contributed by atoms with Gasteiger partial charge in [-0.2, -0.15) is 18.3 Å². The average Bonchev–Trinajstić information content (AvgIpc) is 3.07. The monoisotopic (exact) mass is 377 g/mol. The molecule has 4 nitrogen and oxygen atoms in total. The summed E-state index contributed by atoms with van der Waals surface area (Å²) in [6, 6.07) is 8.92. The number of H-pyrrole nitrogens is 1. The molecule has 1 heterocycles. The van der Waals surface area contributed by atoms with Crippen LogP contribution in [0.4, 0.5) is 23.2 Å². The van der Waals surface area contributed by atoms with E-state index in [0.717, 1.165) is 12.1 Å². The van der Waals surface area contributed by atoms with Gasteiger partial charge in [-0.3, -0.25) is 9.89 Å². The molecule has 0 fully saturated rings. The number of rotatable bonds is 5. The maximum absolute atomic E-state index is 13.9. The van der Waals surface area contributed by atoms with Crippen molar-refractivity contribution < 1.29 is 22.4 Å². The summed E-state index contributed by atoms with van der Waals surface area (Å²) in [6.45, 7) is 1.55. The lowest BCUT2D eigenvalue weighted by atomic mass is 10.1. The molecule has 0 radical (unpaired) electrons. The quantitative estimate of drug-likeness (QED) is 0.483. The van der Waals surface area contributed by atoms with Crippen LogP contribution in [0.5, 0.6) is 0 Å². The van der Waals surface area contributed by atoms with E-state index in [2.05, 4.69) is 15.5 Å². The predicted molar refractivity (Wildman–Crippen MR) is 92.8 cm³/mol. The number of nitrogens with one attached hydrogen (secondary N) is 2. The fourth-order valence-electron chi connectivity index (χ4n) is 2.63. The van der Waals surface area contributed by atoms with Crippen molar-refractivity contribution in [1.82, 2.24) is 10.2 Å². The summed E-state index contributed by atoms with van der Waals surface area (Å²) in [7, 11) is 0. The van der Waals surface area contributed by atoms with Crippen molar-refractivity contribution in [3.8, 4) is 11.3 Å². The molecule has 140 valence electrons. The molecule has 0 bridgehead atoms. The Kier molecular flexibility index (Phi) is 4.98. The standard InChI is InChI=1S/C19H15F4N3O/c1-11(27)16-7-6-15(8-17(16)20)24-9-13-10-25-26-18(13)12-2-4-14(5-3-12)19(21,22)23/h2-8,10,24H,9H2,1H3,(H,25,26). The summed E-state index contributed by atoms with van der Waals surface area (Å²) < 4.78 is 51.9. The van der Waals surface area contributed by atoms with Crippen LogP contribution in [0, 0.1) is 5.82 Å². The summed E-state index contributed by atoms with van der Waals surface area (Å²) in [5.41, 5.74) is 1.57. The topological polar surface area (TPSA) is 57.8 Å². The minimum absolute atomic E-state index is 0.00862. The first kappa shape index (κ1) is 18.6. The molecule has 0 unspecified atom stereocenters. The van der Waals surface area contributed by atoms with Crippen LogP contribution in [0.25, 0.3) is 11.3 Å². The Morgan fingerprint density at radius 3 is 2.44 bits per heavy atom. The third-order valence-electron chi connectivity index (χ3n) is 4.05. The van der Waals surface area contributed by atoms with Gasteiger partial charge in [-0.05, 0) is 42.8 Å². The molecule has 2 aromatic carbocycles. The second-order valence-electron chi connectivity index (χ2n) is 5.95. The number of hydrogen-bond acceptors (Lipinski definition) is 3. The third-order valence-corrected chi connectivity index (χ3v) is 4.05. The largest absolute Gasteiger partial charge is 0.416 e. The van der Waals surface area contributed by atoms with Gasteiger partial charge in [0.25, 0.3) is 0 Å². The Balaban J connectivity index is 1.76. The first-order chi connectivity index (χ1) is 12.8. The fraction of sp³-hybridized carbons (Fsp3) is 0.158. The summed E-state index contributed by atoms with van der Waals surface area (Å²) in [6.07, 6.45) is -2.85. The first-order valence-electron chi connectivity index (χ1n) is 8.00.